The summed E-state index contributed by atoms with van der Waals surface area (Å²) >= 11 is 0. The van der Waals surface area contributed by atoms with E-state index >= 15 is 0 Å². The molecule has 1 aliphatic heterocycles. The number of likely N-dealkylation sites (N-methyl/N-ethyl adjacent to an activating group) is 1. The number of aromatic nitrogens is 3. The third-order valence-electron chi connectivity index (χ3n) is 5.10. The zero-order valence-corrected chi connectivity index (χ0v) is 15.2. The van der Waals surface area contributed by atoms with E-state index in [4.69, 9.17) is 4.74 Å². The number of aromatic amines is 1. The maximum absolute atomic E-state index is 12.5. The van der Waals surface area contributed by atoms with Crippen LogP contribution < -0.4 is 4.90 Å². The summed E-state index contributed by atoms with van der Waals surface area (Å²) in [6.07, 6.45) is 4.92. The van der Waals surface area contributed by atoms with Gasteiger partial charge in [0, 0.05) is 32.9 Å². The summed E-state index contributed by atoms with van der Waals surface area (Å²) in [5.41, 5.74) is 0.838. The molecule has 0 unspecified atom stereocenters. The molecule has 136 valence electrons. The molecule has 1 amide bonds. The molecule has 3 heterocycles. The van der Waals surface area contributed by atoms with Crippen molar-refractivity contribution in [2.24, 2.45) is 5.92 Å². The van der Waals surface area contributed by atoms with Gasteiger partial charge in [0.05, 0.1) is 24.5 Å². The quantitative estimate of drug-likeness (QED) is 0.811. The summed E-state index contributed by atoms with van der Waals surface area (Å²) in [4.78, 5) is 28.5. The summed E-state index contributed by atoms with van der Waals surface area (Å²) in [6, 6.07) is 2.23. The second-order valence-corrected chi connectivity index (χ2v) is 6.67. The number of likely N-dealkylation sites (tertiary alicyclic amines) is 1. The molecule has 1 fully saturated rings. The summed E-state index contributed by atoms with van der Waals surface area (Å²) in [5.74, 6) is 1.57. The van der Waals surface area contributed by atoms with E-state index < -0.39 is 0 Å². The Morgan fingerprint density at radius 3 is 3.12 bits per heavy atom. The van der Waals surface area contributed by atoms with E-state index in [2.05, 4.69) is 33.8 Å². The topological polar surface area (TPSA) is 74.3 Å². The molecule has 0 spiro atoms. The summed E-state index contributed by atoms with van der Waals surface area (Å²) in [5, 5.41) is 1.01. The van der Waals surface area contributed by atoms with E-state index in [0.29, 0.717) is 25.6 Å². The van der Waals surface area contributed by atoms with Crippen molar-refractivity contribution in [2.75, 3.05) is 38.3 Å². The number of H-pyrrole nitrogens is 1. The minimum absolute atomic E-state index is 0.174. The van der Waals surface area contributed by atoms with Crippen LogP contribution in [0, 0.1) is 5.92 Å². The Labute approximate surface area is 148 Å². The lowest BCUT2D eigenvalue weighted by molar-refractivity contribution is -0.134. The smallest absolute Gasteiger partial charge is 0.224 e. The summed E-state index contributed by atoms with van der Waals surface area (Å²) in [6.45, 7) is 6.88. The molecule has 25 heavy (non-hydrogen) atoms. The second-order valence-electron chi connectivity index (χ2n) is 6.67. The van der Waals surface area contributed by atoms with Gasteiger partial charge in [0.25, 0.3) is 0 Å². The minimum atomic E-state index is 0.174. The first kappa shape index (κ1) is 17.7. The van der Waals surface area contributed by atoms with Gasteiger partial charge in [-0.25, -0.2) is 9.97 Å². The molecular formula is C18H27N5O2. The number of piperidine rings is 1. The number of hydrogen-bond donors (Lipinski definition) is 1. The average molecular weight is 345 g/mol. The van der Waals surface area contributed by atoms with Crippen molar-refractivity contribution in [1.82, 2.24) is 19.9 Å². The van der Waals surface area contributed by atoms with Gasteiger partial charge in [0.1, 0.15) is 17.8 Å². The SMILES string of the molecule is CCOCCC(=O)N1CC[C@@H](C)[C@@H](N(C)c2ncnc3[nH]ccc23)C1. The maximum atomic E-state index is 12.5. The van der Waals surface area contributed by atoms with Gasteiger partial charge in [-0.2, -0.15) is 0 Å². The number of carbonyl (C=O) groups excluding carboxylic acids is 1. The van der Waals surface area contributed by atoms with Gasteiger partial charge >= 0.3 is 0 Å². The molecule has 2 atom stereocenters. The lowest BCUT2D eigenvalue weighted by atomic mass is 9.92. The monoisotopic (exact) mass is 345 g/mol. The Kier molecular flexibility index (Phi) is 5.53. The van der Waals surface area contributed by atoms with Gasteiger partial charge in [-0.1, -0.05) is 6.92 Å². The van der Waals surface area contributed by atoms with Crippen LogP contribution in [-0.2, 0) is 9.53 Å². The standard InChI is InChI=1S/C18H27N5O2/c1-4-25-10-7-16(24)23-9-6-13(2)15(11-23)22(3)18-14-5-8-19-17(14)20-12-21-18/h5,8,12-13,15H,4,6-7,9-11H2,1-3H3,(H,19,20,21)/t13-,15+/m1/s1. The number of hydrogen-bond acceptors (Lipinski definition) is 5. The van der Waals surface area contributed by atoms with Gasteiger partial charge < -0.3 is 19.5 Å². The van der Waals surface area contributed by atoms with Crippen molar-refractivity contribution in [1.29, 1.82) is 0 Å². The number of ether oxygens (including phenoxy) is 1. The lowest BCUT2D eigenvalue weighted by Gasteiger charge is -2.42. The summed E-state index contributed by atoms with van der Waals surface area (Å²) < 4.78 is 5.32. The molecule has 0 saturated carbocycles. The van der Waals surface area contributed by atoms with E-state index in [9.17, 15) is 4.79 Å². The van der Waals surface area contributed by atoms with Crippen LogP contribution in [-0.4, -0.2) is 65.2 Å². The van der Waals surface area contributed by atoms with E-state index in [1.807, 2.05) is 24.1 Å². The van der Waals surface area contributed by atoms with Crippen LogP contribution in [0.1, 0.15) is 26.7 Å². The van der Waals surface area contributed by atoms with Crippen molar-refractivity contribution in [3.8, 4) is 0 Å². The highest BCUT2D eigenvalue weighted by atomic mass is 16.5. The van der Waals surface area contributed by atoms with Crippen LogP contribution in [0.4, 0.5) is 5.82 Å². The second kappa shape index (κ2) is 7.82. The van der Waals surface area contributed by atoms with E-state index in [1.165, 1.54) is 0 Å². The fraction of sp³-hybridized carbons (Fsp3) is 0.611. The van der Waals surface area contributed by atoms with Crippen LogP contribution in [0.25, 0.3) is 11.0 Å². The zero-order chi connectivity index (χ0) is 17.8. The normalized spacial score (nSPS) is 20.8. The van der Waals surface area contributed by atoms with Crippen molar-refractivity contribution in [2.45, 2.75) is 32.7 Å². The molecule has 2 aromatic rings. The minimum Gasteiger partial charge on any atom is -0.381 e. The van der Waals surface area contributed by atoms with Crippen molar-refractivity contribution >= 4 is 22.8 Å². The Hall–Kier alpha value is -2.15. The highest BCUT2D eigenvalue weighted by Gasteiger charge is 2.32. The van der Waals surface area contributed by atoms with Gasteiger partial charge in [-0.05, 0) is 25.3 Å². The van der Waals surface area contributed by atoms with Crippen LogP contribution >= 0.6 is 0 Å². The zero-order valence-electron chi connectivity index (χ0n) is 15.2. The highest BCUT2D eigenvalue weighted by molar-refractivity contribution is 5.87. The molecule has 0 radical (unpaired) electrons. The fourth-order valence-electron chi connectivity index (χ4n) is 3.54. The molecular weight excluding hydrogens is 318 g/mol. The van der Waals surface area contributed by atoms with E-state index in [1.54, 1.807) is 6.33 Å². The van der Waals surface area contributed by atoms with Crippen molar-refractivity contribution in [3.05, 3.63) is 18.6 Å². The molecule has 1 saturated heterocycles. The predicted octanol–water partition coefficient (Wildman–Crippen LogP) is 2.06. The van der Waals surface area contributed by atoms with Crippen LogP contribution in [0.5, 0.6) is 0 Å². The molecule has 1 N–H and O–H groups in total. The number of amides is 1. The number of rotatable bonds is 6. The molecule has 7 heteroatoms. The fourth-order valence-corrected chi connectivity index (χ4v) is 3.54. The predicted molar refractivity (Wildman–Crippen MR) is 97.6 cm³/mol. The first-order valence-corrected chi connectivity index (χ1v) is 8.98. The van der Waals surface area contributed by atoms with Crippen molar-refractivity contribution < 1.29 is 9.53 Å². The summed E-state index contributed by atoms with van der Waals surface area (Å²) in [7, 11) is 2.06. The molecule has 0 bridgehead atoms. The number of nitrogens with one attached hydrogen (secondary N) is 1. The van der Waals surface area contributed by atoms with E-state index in [0.717, 1.165) is 36.4 Å². The average Bonchev–Trinajstić information content (AvgIpc) is 3.10. The maximum Gasteiger partial charge on any atom is 0.224 e. The molecule has 2 aromatic heterocycles. The van der Waals surface area contributed by atoms with Gasteiger partial charge in [-0.3, -0.25) is 4.79 Å². The third-order valence-corrected chi connectivity index (χ3v) is 5.10. The number of fused-ring (bicyclic) bond motifs is 1. The Balaban J connectivity index is 1.73. The van der Waals surface area contributed by atoms with Crippen molar-refractivity contribution in [3.63, 3.8) is 0 Å². The molecule has 1 aliphatic rings. The molecule has 7 nitrogen and oxygen atoms in total. The first-order chi connectivity index (χ1) is 12.1. The van der Waals surface area contributed by atoms with E-state index in [-0.39, 0.29) is 11.9 Å². The van der Waals surface area contributed by atoms with Crippen LogP contribution in [0.2, 0.25) is 0 Å². The molecule has 3 rings (SSSR count). The number of nitrogens with zero attached hydrogens (tertiary/aromatic N) is 4. The largest absolute Gasteiger partial charge is 0.381 e. The van der Waals surface area contributed by atoms with Crippen LogP contribution in [0.3, 0.4) is 0 Å². The van der Waals surface area contributed by atoms with Gasteiger partial charge in [-0.15, -0.1) is 0 Å². The Bertz CT molecular complexity index is 716. The van der Waals surface area contributed by atoms with Gasteiger partial charge in [0.2, 0.25) is 5.91 Å². The third kappa shape index (κ3) is 3.76. The number of anilines is 1. The Morgan fingerprint density at radius 1 is 1.48 bits per heavy atom. The van der Waals surface area contributed by atoms with Gasteiger partial charge in [0.15, 0.2) is 0 Å². The Morgan fingerprint density at radius 2 is 2.32 bits per heavy atom. The van der Waals surface area contributed by atoms with Crippen LogP contribution in [0.15, 0.2) is 18.6 Å². The number of carbonyl (C=O) groups is 1. The highest BCUT2D eigenvalue weighted by Crippen LogP contribution is 2.28. The first-order valence-electron chi connectivity index (χ1n) is 8.98. The molecule has 0 aliphatic carbocycles. The lowest BCUT2D eigenvalue weighted by Crippen LogP contribution is -2.53. The molecule has 0 aromatic carbocycles.